The highest BCUT2D eigenvalue weighted by atomic mass is 79.9. The summed E-state index contributed by atoms with van der Waals surface area (Å²) in [6.45, 7) is 1.16. The van der Waals surface area contributed by atoms with Crippen LogP contribution in [0.2, 0.25) is 0 Å². The molecule has 0 saturated carbocycles. The van der Waals surface area contributed by atoms with Crippen LogP contribution in [-0.2, 0) is 6.54 Å². The lowest BCUT2D eigenvalue weighted by molar-refractivity contribution is 0.278. The summed E-state index contributed by atoms with van der Waals surface area (Å²) in [6.07, 6.45) is 0. The van der Waals surface area contributed by atoms with E-state index in [1.54, 1.807) is 0 Å². The average Bonchev–Trinajstić information content (AvgIpc) is 2.93. The van der Waals surface area contributed by atoms with E-state index in [0.717, 1.165) is 14.7 Å². The summed E-state index contributed by atoms with van der Waals surface area (Å²) in [5.41, 5.74) is 8.74. The lowest BCUT2D eigenvalue weighted by Crippen LogP contribution is -2.32. The highest BCUT2D eigenvalue weighted by Gasteiger charge is 2.14. The van der Waals surface area contributed by atoms with Gasteiger partial charge in [-0.05, 0) is 48.5 Å². The van der Waals surface area contributed by atoms with Gasteiger partial charge in [0.05, 0.1) is 6.04 Å². The fourth-order valence-corrected chi connectivity index (χ4v) is 3.97. The van der Waals surface area contributed by atoms with Crippen LogP contribution < -0.4 is 10.5 Å². The van der Waals surface area contributed by atoms with Crippen LogP contribution >= 0.6 is 31.9 Å². The van der Waals surface area contributed by atoms with Crippen molar-refractivity contribution in [3.8, 4) is 5.75 Å². The fourth-order valence-electron chi connectivity index (χ4n) is 3.25. The van der Waals surface area contributed by atoms with E-state index >= 15 is 0 Å². The zero-order chi connectivity index (χ0) is 18.1. The van der Waals surface area contributed by atoms with Gasteiger partial charge < -0.3 is 15.0 Å². The average molecular weight is 474 g/mol. The van der Waals surface area contributed by atoms with Gasteiger partial charge >= 0.3 is 0 Å². The second-order valence-electron chi connectivity index (χ2n) is 6.32. The molecular formula is C21H18Br2N2O. The molecule has 5 heteroatoms. The Bertz CT molecular complexity index is 1000. The molecule has 0 bridgehead atoms. The first-order chi connectivity index (χ1) is 12.6. The molecule has 132 valence electrons. The van der Waals surface area contributed by atoms with Crippen LogP contribution in [0.4, 0.5) is 0 Å². The van der Waals surface area contributed by atoms with Gasteiger partial charge in [0, 0.05) is 37.3 Å². The van der Waals surface area contributed by atoms with Crippen LogP contribution in [0.5, 0.6) is 5.75 Å². The largest absolute Gasteiger partial charge is 0.492 e. The second-order valence-corrected chi connectivity index (χ2v) is 8.15. The first kappa shape index (κ1) is 17.6. The number of halogens is 2. The number of nitrogens with two attached hydrogens (primary N) is 1. The van der Waals surface area contributed by atoms with Crippen LogP contribution in [0.25, 0.3) is 21.8 Å². The first-order valence-electron chi connectivity index (χ1n) is 8.42. The predicted octanol–water partition coefficient (Wildman–Crippen LogP) is 5.73. The van der Waals surface area contributed by atoms with Gasteiger partial charge in [-0.1, -0.05) is 50.1 Å². The molecule has 4 aromatic rings. The zero-order valence-electron chi connectivity index (χ0n) is 14.0. The van der Waals surface area contributed by atoms with Gasteiger partial charge in [0.15, 0.2) is 0 Å². The van der Waals surface area contributed by atoms with Crippen molar-refractivity contribution in [2.24, 2.45) is 5.73 Å². The number of rotatable bonds is 5. The molecule has 0 amide bonds. The molecule has 3 aromatic carbocycles. The monoisotopic (exact) mass is 472 g/mol. The Labute approximate surface area is 169 Å². The molecule has 1 aromatic heterocycles. The SMILES string of the molecule is NC(COc1ccccc1)Cn1c2ccc(Br)cc2c2cc(Br)ccc21. The number of ether oxygens (including phenoxy) is 1. The summed E-state index contributed by atoms with van der Waals surface area (Å²) in [7, 11) is 0. The highest BCUT2D eigenvalue weighted by Crippen LogP contribution is 2.33. The van der Waals surface area contributed by atoms with Gasteiger partial charge in [0.1, 0.15) is 12.4 Å². The smallest absolute Gasteiger partial charge is 0.119 e. The van der Waals surface area contributed by atoms with E-state index in [4.69, 9.17) is 10.5 Å². The van der Waals surface area contributed by atoms with Gasteiger partial charge in [-0.2, -0.15) is 0 Å². The van der Waals surface area contributed by atoms with Gasteiger partial charge in [-0.3, -0.25) is 0 Å². The van der Waals surface area contributed by atoms with E-state index in [-0.39, 0.29) is 6.04 Å². The van der Waals surface area contributed by atoms with Crippen molar-refractivity contribution in [3.63, 3.8) is 0 Å². The second kappa shape index (κ2) is 7.43. The lowest BCUT2D eigenvalue weighted by Gasteiger charge is -2.16. The molecule has 26 heavy (non-hydrogen) atoms. The van der Waals surface area contributed by atoms with Crippen molar-refractivity contribution in [2.75, 3.05) is 6.61 Å². The molecular weight excluding hydrogens is 456 g/mol. The van der Waals surface area contributed by atoms with E-state index in [1.807, 2.05) is 30.3 Å². The van der Waals surface area contributed by atoms with Crippen molar-refractivity contribution in [2.45, 2.75) is 12.6 Å². The zero-order valence-corrected chi connectivity index (χ0v) is 17.2. The Morgan fingerprint density at radius 2 is 1.42 bits per heavy atom. The van der Waals surface area contributed by atoms with Crippen LogP contribution in [-0.4, -0.2) is 17.2 Å². The highest BCUT2D eigenvalue weighted by molar-refractivity contribution is 9.10. The van der Waals surface area contributed by atoms with E-state index < -0.39 is 0 Å². The van der Waals surface area contributed by atoms with E-state index in [0.29, 0.717) is 13.2 Å². The lowest BCUT2D eigenvalue weighted by atomic mass is 10.2. The molecule has 0 fully saturated rings. The number of aromatic nitrogens is 1. The van der Waals surface area contributed by atoms with Crippen molar-refractivity contribution in [1.29, 1.82) is 0 Å². The Balaban J connectivity index is 1.66. The van der Waals surface area contributed by atoms with E-state index in [2.05, 4.69) is 72.8 Å². The van der Waals surface area contributed by atoms with Crippen molar-refractivity contribution >= 4 is 53.7 Å². The Kier molecular flexibility index (Phi) is 5.02. The quantitative estimate of drug-likeness (QED) is 0.402. The maximum Gasteiger partial charge on any atom is 0.119 e. The Morgan fingerprint density at radius 3 is 2.00 bits per heavy atom. The number of para-hydroxylation sites is 1. The third-order valence-corrected chi connectivity index (χ3v) is 5.40. The summed E-state index contributed by atoms with van der Waals surface area (Å²) < 4.78 is 10.2. The first-order valence-corrected chi connectivity index (χ1v) is 10.0. The minimum atomic E-state index is -0.110. The third-order valence-electron chi connectivity index (χ3n) is 4.41. The maximum atomic E-state index is 6.39. The van der Waals surface area contributed by atoms with Crippen molar-refractivity contribution < 1.29 is 4.74 Å². The van der Waals surface area contributed by atoms with Crippen LogP contribution in [0.15, 0.2) is 75.7 Å². The van der Waals surface area contributed by atoms with Crippen LogP contribution in [0.3, 0.4) is 0 Å². The standard InChI is InChI=1S/C21H18Br2N2O/c22-14-6-8-20-18(10-14)19-11-15(23)7-9-21(19)25(20)12-16(24)13-26-17-4-2-1-3-5-17/h1-11,16H,12-13,24H2. The van der Waals surface area contributed by atoms with E-state index in [1.165, 1.54) is 21.8 Å². The molecule has 0 aliphatic rings. The number of hydrogen-bond acceptors (Lipinski definition) is 2. The Hall–Kier alpha value is -1.82. The Morgan fingerprint density at radius 1 is 0.846 bits per heavy atom. The molecule has 0 aliphatic heterocycles. The fraction of sp³-hybridized carbons (Fsp3) is 0.143. The normalized spacial score (nSPS) is 12.6. The van der Waals surface area contributed by atoms with Crippen molar-refractivity contribution in [1.82, 2.24) is 4.57 Å². The van der Waals surface area contributed by atoms with Crippen LogP contribution in [0, 0.1) is 0 Å². The molecule has 2 N–H and O–H groups in total. The molecule has 1 heterocycles. The molecule has 4 rings (SSSR count). The number of fused-ring (bicyclic) bond motifs is 3. The third kappa shape index (κ3) is 3.52. The van der Waals surface area contributed by atoms with Gasteiger partial charge in [0.25, 0.3) is 0 Å². The van der Waals surface area contributed by atoms with Gasteiger partial charge in [0.2, 0.25) is 0 Å². The molecule has 0 spiro atoms. The summed E-state index contributed by atoms with van der Waals surface area (Å²) in [6, 6.07) is 22.4. The number of nitrogens with zero attached hydrogens (tertiary/aromatic N) is 1. The van der Waals surface area contributed by atoms with Gasteiger partial charge in [-0.25, -0.2) is 0 Å². The summed E-state index contributed by atoms with van der Waals surface area (Å²) in [5, 5.41) is 2.43. The molecule has 1 atom stereocenters. The number of hydrogen-bond donors (Lipinski definition) is 1. The molecule has 0 radical (unpaired) electrons. The molecule has 0 aliphatic carbocycles. The minimum absolute atomic E-state index is 0.110. The van der Waals surface area contributed by atoms with Crippen LogP contribution in [0.1, 0.15) is 0 Å². The van der Waals surface area contributed by atoms with Gasteiger partial charge in [-0.15, -0.1) is 0 Å². The number of benzene rings is 3. The molecule has 1 unspecified atom stereocenters. The van der Waals surface area contributed by atoms with E-state index in [9.17, 15) is 0 Å². The summed E-state index contributed by atoms with van der Waals surface area (Å²) >= 11 is 7.16. The summed E-state index contributed by atoms with van der Waals surface area (Å²) in [4.78, 5) is 0. The van der Waals surface area contributed by atoms with Crippen molar-refractivity contribution in [3.05, 3.63) is 75.7 Å². The molecule has 0 saturated heterocycles. The molecule has 3 nitrogen and oxygen atoms in total. The summed E-state index contributed by atoms with van der Waals surface area (Å²) in [5.74, 6) is 0.845. The predicted molar refractivity (Wildman–Crippen MR) is 115 cm³/mol. The maximum absolute atomic E-state index is 6.39. The minimum Gasteiger partial charge on any atom is -0.492 e. The topological polar surface area (TPSA) is 40.2 Å².